The van der Waals surface area contributed by atoms with Gasteiger partial charge in [0.05, 0.1) is 0 Å². The Kier molecular flexibility index (Phi) is 3.62. The molecule has 1 heterocycles. The van der Waals surface area contributed by atoms with Crippen LogP contribution in [0.4, 0.5) is 10.1 Å². The number of rotatable bonds is 4. The molecular formula is C18H25FN2. The van der Waals surface area contributed by atoms with Gasteiger partial charge in [-0.3, -0.25) is 0 Å². The van der Waals surface area contributed by atoms with Crippen LogP contribution in [0.5, 0.6) is 0 Å². The normalized spacial score (nSPS) is 28.7. The average Bonchev–Trinajstić information content (AvgIpc) is 3.23. The Morgan fingerprint density at radius 1 is 1.10 bits per heavy atom. The fraction of sp³-hybridized carbons (Fsp3) is 0.667. The molecule has 1 saturated heterocycles. The van der Waals surface area contributed by atoms with Crippen LogP contribution in [0.15, 0.2) is 18.2 Å². The summed E-state index contributed by atoms with van der Waals surface area (Å²) in [5.74, 6) is 0.797. The van der Waals surface area contributed by atoms with E-state index in [1.165, 1.54) is 44.9 Å². The van der Waals surface area contributed by atoms with E-state index in [1.807, 2.05) is 6.07 Å². The lowest BCUT2D eigenvalue weighted by Crippen LogP contribution is -2.35. The molecule has 0 radical (unpaired) electrons. The quantitative estimate of drug-likeness (QED) is 0.905. The maximum absolute atomic E-state index is 14.3. The Morgan fingerprint density at radius 2 is 1.95 bits per heavy atom. The van der Waals surface area contributed by atoms with E-state index in [0.717, 1.165) is 23.7 Å². The molecule has 1 aromatic rings. The predicted octanol–water partition coefficient (Wildman–Crippen LogP) is 3.85. The first-order valence-electron chi connectivity index (χ1n) is 8.60. The van der Waals surface area contributed by atoms with Crippen molar-refractivity contribution in [1.29, 1.82) is 0 Å². The van der Waals surface area contributed by atoms with Crippen molar-refractivity contribution in [3.05, 3.63) is 29.6 Å². The van der Waals surface area contributed by atoms with Crippen LogP contribution in [-0.4, -0.2) is 18.6 Å². The second-order valence-electron chi connectivity index (χ2n) is 6.99. The number of halogens is 1. The summed E-state index contributed by atoms with van der Waals surface area (Å²) in [6, 6.07) is 6.89. The third kappa shape index (κ3) is 2.68. The van der Waals surface area contributed by atoms with Crippen molar-refractivity contribution in [3.63, 3.8) is 0 Å². The van der Waals surface area contributed by atoms with E-state index in [0.29, 0.717) is 18.6 Å². The van der Waals surface area contributed by atoms with Crippen LogP contribution in [0.2, 0.25) is 0 Å². The van der Waals surface area contributed by atoms with E-state index in [4.69, 9.17) is 0 Å². The Hall–Kier alpha value is -1.09. The summed E-state index contributed by atoms with van der Waals surface area (Å²) in [6.07, 6.45) is 9.16. The molecule has 3 aliphatic rings. The van der Waals surface area contributed by atoms with Gasteiger partial charge in [0.1, 0.15) is 5.82 Å². The molecular weight excluding hydrogens is 263 g/mol. The Balaban J connectivity index is 1.59. The molecule has 0 aromatic heterocycles. The summed E-state index contributed by atoms with van der Waals surface area (Å²) in [5.41, 5.74) is 2.04. The van der Waals surface area contributed by atoms with Gasteiger partial charge in [0, 0.05) is 36.4 Å². The number of nitrogens with one attached hydrogen (secondary N) is 1. The van der Waals surface area contributed by atoms with Crippen molar-refractivity contribution in [3.8, 4) is 0 Å². The summed E-state index contributed by atoms with van der Waals surface area (Å²) in [7, 11) is 0. The molecule has 1 aliphatic heterocycles. The fourth-order valence-electron chi connectivity index (χ4n) is 4.23. The molecule has 0 spiro atoms. The molecule has 2 atom stereocenters. The number of anilines is 1. The van der Waals surface area contributed by atoms with E-state index < -0.39 is 0 Å². The van der Waals surface area contributed by atoms with Gasteiger partial charge in [0.25, 0.3) is 0 Å². The minimum absolute atomic E-state index is 0.0418. The van der Waals surface area contributed by atoms with Crippen molar-refractivity contribution in [2.24, 2.45) is 5.92 Å². The van der Waals surface area contributed by atoms with Gasteiger partial charge in [-0.15, -0.1) is 0 Å². The fourth-order valence-corrected chi connectivity index (χ4v) is 4.23. The second kappa shape index (κ2) is 5.60. The summed E-state index contributed by atoms with van der Waals surface area (Å²) in [4.78, 5) is 2.51. The Bertz CT molecular complexity index is 512. The van der Waals surface area contributed by atoms with Gasteiger partial charge in [-0.2, -0.15) is 0 Å². The largest absolute Gasteiger partial charge is 0.368 e. The molecule has 0 bridgehead atoms. The van der Waals surface area contributed by atoms with Crippen LogP contribution >= 0.6 is 0 Å². The maximum atomic E-state index is 14.3. The number of hydrogen-bond acceptors (Lipinski definition) is 2. The zero-order chi connectivity index (χ0) is 14.2. The molecule has 2 nitrogen and oxygen atoms in total. The highest BCUT2D eigenvalue weighted by molar-refractivity contribution is 5.56. The van der Waals surface area contributed by atoms with E-state index in [2.05, 4.69) is 16.3 Å². The van der Waals surface area contributed by atoms with Gasteiger partial charge in [-0.05, 0) is 50.2 Å². The molecule has 21 heavy (non-hydrogen) atoms. The van der Waals surface area contributed by atoms with Crippen LogP contribution in [0.1, 0.15) is 50.5 Å². The number of hydrogen-bond donors (Lipinski definition) is 1. The summed E-state index contributed by atoms with van der Waals surface area (Å²) in [5, 5.41) is 3.48. The second-order valence-corrected chi connectivity index (χ2v) is 6.99. The Labute approximate surface area is 126 Å². The first-order chi connectivity index (χ1) is 10.3. The van der Waals surface area contributed by atoms with Crippen molar-refractivity contribution in [2.45, 2.75) is 63.6 Å². The molecule has 1 aromatic carbocycles. The molecule has 2 saturated carbocycles. The van der Waals surface area contributed by atoms with Gasteiger partial charge in [-0.1, -0.05) is 18.9 Å². The highest BCUT2D eigenvalue weighted by Crippen LogP contribution is 2.40. The van der Waals surface area contributed by atoms with Crippen LogP contribution in [0.25, 0.3) is 0 Å². The third-order valence-electron chi connectivity index (χ3n) is 5.56. The highest BCUT2D eigenvalue weighted by atomic mass is 19.1. The van der Waals surface area contributed by atoms with E-state index >= 15 is 0 Å². The van der Waals surface area contributed by atoms with Gasteiger partial charge >= 0.3 is 0 Å². The van der Waals surface area contributed by atoms with Crippen LogP contribution in [-0.2, 0) is 6.54 Å². The number of nitrogens with zero attached hydrogens (tertiary/aromatic N) is 1. The maximum Gasteiger partial charge on any atom is 0.129 e. The zero-order valence-corrected chi connectivity index (χ0v) is 12.7. The molecule has 3 heteroatoms. The minimum atomic E-state index is -0.0418. The van der Waals surface area contributed by atoms with Crippen molar-refractivity contribution in [1.82, 2.24) is 5.32 Å². The molecule has 114 valence electrons. The van der Waals surface area contributed by atoms with E-state index in [1.54, 1.807) is 6.07 Å². The van der Waals surface area contributed by atoms with Crippen molar-refractivity contribution >= 4 is 5.69 Å². The summed E-state index contributed by atoms with van der Waals surface area (Å²) >= 11 is 0. The van der Waals surface area contributed by atoms with Gasteiger partial charge in [-0.25, -0.2) is 4.39 Å². The van der Waals surface area contributed by atoms with Crippen molar-refractivity contribution < 1.29 is 4.39 Å². The molecule has 0 amide bonds. The first kappa shape index (κ1) is 13.6. The lowest BCUT2D eigenvalue weighted by atomic mass is 9.85. The van der Waals surface area contributed by atoms with Crippen molar-refractivity contribution in [2.75, 3.05) is 11.4 Å². The lowest BCUT2D eigenvalue weighted by molar-refractivity contribution is 0.342. The summed E-state index contributed by atoms with van der Waals surface area (Å²) in [6.45, 7) is 1.79. The number of benzene rings is 1. The predicted molar refractivity (Wildman–Crippen MR) is 84.0 cm³/mol. The van der Waals surface area contributed by atoms with E-state index in [9.17, 15) is 4.39 Å². The van der Waals surface area contributed by atoms with Gasteiger partial charge < -0.3 is 10.2 Å². The average molecular weight is 288 g/mol. The van der Waals surface area contributed by atoms with Gasteiger partial charge in [0.2, 0.25) is 0 Å². The van der Waals surface area contributed by atoms with Gasteiger partial charge in [0.15, 0.2) is 0 Å². The van der Waals surface area contributed by atoms with Crippen LogP contribution < -0.4 is 10.2 Å². The SMILES string of the molecule is Fc1cccc(N2CCC3CCCCC32)c1CNC1CC1. The highest BCUT2D eigenvalue weighted by Gasteiger charge is 2.36. The monoisotopic (exact) mass is 288 g/mol. The van der Waals surface area contributed by atoms with E-state index in [-0.39, 0.29) is 5.82 Å². The standard InChI is InChI=1S/C18H25FN2/c19-16-5-3-7-18(15(16)12-20-14-8-9-14)21-11-10-13-4-1-2-6-17(13)21/h3,5,7,13-14,17,20H,1-2,4,6,8-12H2. The van der Waals surface area contributed by atoms with Crippen LogP contribution in [0, 0.1) is 11.7 Å². The molecule has 3 fully saturated rings. The zero-order valence-electron chi connectivity index (χ0n) is 12.7. The minimum Gasteiger partial charge on any atom is -0.368 e. The third-order valence-corrected chi connectivity index (χ3v) is 5.56. The topological polar surface area (TPSA) is 15.3 Å². The molecule has 2 aliphatic carbocycles. The molecule has 4 rings (SSSR count). The lowest BCUT2D eigenvalue weighted by Gasteiger charge is -2.34. The summed E-state index contributed by atoms with van der Waals surface area (Å²) < 4.78 is 14.3. The Morgan fingerprint density at radius 3 is 2.81 bits per heavy atom. The number of fused-ring (bicyclic) bond motifs is 1. The first-order valence-corrected chi connectivity index (χ1v) is 8.60. The van der Waals surface area contributed by atoms with Crippen LogP contribution in [0.3, 0.4) is 0 Å². The molecule has 1 N–H and O–H groups in total. The molecule has 2 unspecified atom stereocenters. The smallest absolute Gasteiger partial charge is 0.129 e.